The number of nitrogens with zero attached hydrogens (tertiary/aromatic N) is 3. The fourth-order valence-corrected chi connectivity index (χ4v) is 2.73. The van der Waals surface area contributed by atoms with Gasteiger partial charge in [0.15, 0.2) is 0 Å². The zero-order valence-corrected chi connectivity index (χ0v) is 13.4. The van der Waals surface area contributed by atoms with Crippen LogP contribution in [-0.2, 0) is 4.79 Å². The number of nitrogens with one attached hydrogen (secondary N) is 1. The van der Waals surface area contributed by atoms with E-state index in [1.807, 2.05) is 18.2 Å². The molecule has 0 spiro atoms. The molecule has 1 aliphatic rings. The lowest BCUT2D eigenvalue weighted by Crippen LogP contribution is -2.51. The summed E-state index contributed by atoms with van der Waals surface area (Å²) in [5.41, 5.74) is 1.68. The molecule has 2 amide bonds. The van der Waals surface area contributed by atoms with E-state index in [1.54, 1.807) is 41.6 Å². The number of hydrogen-bond donors (Lipinski definition) is 1. The molecule has 124 valence electrons. The molecule has 0 atom stereocenters. The van der Waals surface area contributed by atoms with Crippen LogP contribution in [0.3, 0.4) is 0 Å². The summed E-state index contributed by atoms with van der Waals surface area (Å²) in [6, 6.07) is 12.9. The van der Waals surface area contributed by atoms with Gasteiger partial charge in [-0.1, -0.05) is 18.2 Å². The Morgan fingerprint density at radius 1 is 0.958 bits per heavy atom. The van der Waals surface area contributed by atoms with Crippen molar-refractivity contribution in [1.29, 1.82) is 0 Å². The van der Waals surface area contributed by atoms with Gasteiger partial charge < -0.3 is 15.1 Å². The van der Waals surface area contributed by atoms with Gasteiger partial charge in [-0.2, -0.15) is 0 Å². The second-order valence-electron chi connectivity index (χ2n) is 5.62. The predicted molar refractivity (Wildman–Crippen MR) is 91.8 cm³/mol. The first-order valence-electron chi connectivity index (χ1n) is 8.00. The number of carbonyl (C=O) groups excluding carboxylic acids is 2. The van der Waals surface area contributed by atoms with Crippen LogP contribution in [0.2, 0.25) is 0 Å². The van der Waals surface area contributed by atoms with Crippen LogP contribution in [-0.4, -0.2) is 54.4 Å². The zero-order chi connectivity index (χ0) is 16.8. The first-order chi connectivity index (χ1) is 11.7. The third-order valence-electron chi connectivity index (χ3n) is 4.10. The van der Waals surface area contributed by atoms with Crippen LogP contribution < -0.4 is 10.2 Å². The average Bonchev–Trinajstić information content (AvgIpc) is 2.67. The quantitative estimate of drug-likeness (QED) is 0.916. The van der Waals surface area contributed by atoms with E-state index in [-0.39, 0.29) is 18.4 Å². The third kappa shape index (κ3) is 3.90. The lowest BCUT2D eigenvalue weighted by atomic mass is 10.2. The summed E-state index contributed by atoms with van der Waals surface area (Å²) in [7, 11) is 0. The lowest BCUT2D eigenvalue weighted by molar-refractivity contribution is -0.130. The van der Waals surface area contributed by atoms with Crippen molar-refractivity contribution >= 4 is 17.5 Å². The third-order valence-corrected chi connectivity index (χ3v) is 4.10. The Hall–Kier alpha value is -2.89. The second-order valence-corrected chi connectivity index (χ2v) is 5.62. The van der Waals surface area contributed by atoms with Crippen molar-refractivity contribution in [2.45, 2.75) is 0 Å². The van der Waals surface area contributed by atoms with Gasteiger partial charge >= 0.3 is 0 Å². The maximum Gasteiger partial charge on any atom is 0.251 e. The normalized spacial score (nSPS) is 14.3. The molecule has 1 aliphatic heterocycles. The minimum Gasteiger partial charge on any atom is -0.368 e. The van der Waals surface area contributed by atoms with Gasteiger partial charge in [-0.3, -0.25) is 14.6 Å². The zero-order valence-electron chi connectivity index (χ0n) is 13.4. The number of piperazine rings is 1. The summed E-state index contributed by atoms with van der Waals surface area (Å²) in [5, 5.41) is 2.69. The second kappa shape index (κ2) is 7.59. The highest BCUT2D eigenvalue weighted by atomic mass is 16.2. The van der Waals surface area contributed by atoms with Gasteiger partial charge in [0.2, 0.25) is 5.91 Å². The van der Waals surface area contributed by atoms with Crippen molar-refractivity contribution < 1.29 is 9.59 Å². The van der Waals surface area contributed by atoms with Crippen molar-refractivity contribution in [2.24, 2.45) is 0 Å². The van der Waals surface area contributed by atoms with Crippen LogP contribution in [0.25, 0.3) is 0 Å². The molecule has 0 unspecified atom stereocenters. The van der Waals surface area contributed by atoms with Crippen LogP contribution in [0.5, 0.6) is 0 Å². The van der Waals surface area contributed by atoms with Crippen LogP contribution >= 0.6 is 0 Å². The van der Waals surface area contributed by atoms with E-state index in [0.29, 0.717) is 18.7 Å². The molecule has 1 fully saturated rings. The molecule has 1 aromatic carbocycles. The Morgan fingerprint density at radius 2 is 1.62 bits per heavy atom. The summed E-state index contributed by atoms with van der Waals surface area (Å²) in [6.07, 6.45) is 3.54. The van der Waals surface area contributed by atoms with Crippen molar-refractivity contribution in [3.8, 4) is 0 Å². The van der Waals surface area contributed by atoms with E-state index in [9.17, 15) is 9.59 Å². The molecule has 1 aromatic heterocycles. The van der Waals surface area contributed by atoms with Gasteiger partial charge in [0, 0.05) is 49.8 Å². The van der Waals surface area contributed by atoms with Gasteiger partial charge in [0.25, 0.3) is 5.91 Å². The molecule has 2 aromatic rings. The maximum absolute atomic E-state index is 12.3. The smallest absolute Gasteiger partial charge is 0.251 e. The number of aromatic nitrogens is 1. The van der Waals surface area contributed by atoms with Gasteiger partial charge in [-0.05, 0) is 24.3 Å². The number of rotatable bonds is 4. The minimum absolute atomic E-state index is 0.0307. The molecular weight excluding hydrogens is 304 g/mol. The molecule has 3 rings (SSSR count). The standard InChI is InChI=1S/C18H20N4O2/c23-17(14-20-18(24)15-4-2-1-3-5-15)22-12-10-21(11-13-22)16-6-8-19-9-7-16/h1-9H,10-14H2,(H,20,24). The van der Waals surface area contributed by atoms with E-state index in [1.165, 1.54) is 0 Å². The van der Waals surface area contributed by atoms with Gasteiger partial charge in [-0.15, -0.1) is 0 Å². The molecule has 0 saturated carbocycles. The van der Waals surface area contributed by atoms with Crippen molar-refractivity contribution in [1.82, 2.24) is 15.2 Å². The summed E-state index contributed by atoms with van der Waals surface area (Å²) in [6.45, 7) is 2.90. The fourth-order valence-electron chi connectivity index (χ4n) is 2.73. The molecule has 6 heteroatoms. The summed E-state index contributed by atoms with van der Waals surface area (Å²) in [4.78, 5) is 32.3. The SMILES string of the molecule is O=C(NCC(=O)N1CCN(c2ccncc2)CC1)c1ccccc1. The highest BCUT2D eigenvalue weighted by molar-refractivity contribution is 5.96. The Balaban J connectivity index is 1.46. The predicted octanol–water partition coefficient (Wildman–Crippen LogP) is 1.16. The van der Waals surface area contributed by atoms with Crippen LogP contribution in [0.15, 0.2) is 54.9 Å². The maximum atomic E-state index is 12.3. The molecular formula is C18H20N4O2. The first kappa shape index (κ1) is 16.0. The van der Waals surface area contributed by atoms with E-state index in [2.05, 4.69) is 15.2 Å². The molecule has 0 aliphatic carbocycles. The van der Waals surface area contributed by atoms with E-state index >= 15 is 0 Å². The Kier molecular flexibility index (Phi) is 5.05. The highest BCUT2D eigenvalue weighted by Gasteiger charge is 2.21. The summed E-state index contributed by atoms with van der Waals surface area (Å²) in [5.74, 6) is -0.270. The van der Waals surface area contributed by atoms with E-state index < -0.39 is 0 Å². The molecule has 0 bridgehead atoms. The van der Waals surface area contributed by atoms with Crippen LogP contribution in [0.1, 0.15) is 10.4 Å². The van der Waals surface area contributed by atoms with Crippen molar-refractivity contribution in [2.75, 3.05) is 37.6 Å². The number of benzene rings is 1. The number of anilines is 1. The Labute approximate surface area is 141 Å². The van der Waals surface area contributed by atoms with Gasteiger partial charge in [0.05, 0.1) is 6.54 Å². The number of hydrogen-bond acceptors (Lipinski definition) is 4. The van der Waals surface area contributed by atoms with E-state index in [0.717, 1.165) is 18.8 Å². The molecule has 1 N–H and O–H groups in total. The first-order valence-corrected chi connectivity index (χ1v) is 8.00. The lowest BCUT2D eigenvalue weighted by Gasteiger charge is -2.36. The van der Waals surface area contributed by atoms with Gasteiger partial charge in [-0.25, -0.2) is 0 Å². The fraction of sp³-hybridized carbons (Fsp3) is 0.278. The largest absolute Gasteiger partial charge is 0.368 e. The molecule has 0 radical (unpaired) electrons. The molecule has 6 nitrogen and oxygen atoms in total. The van der Waals surface area contributed by atoms with Gasteiger partial charge in [0.1, 0.15) is 0 Å². The molecule has 1 saturated heterocycles. The highest BCUT2D eigenvalue weighted by Crippen LogP contribution is 2.14. The Morgan fingerprint density at radius 3 is 2.29 bits per heavy atom. The van der Waals surface area contributed by atoms with Crippen molar-refractivity contribution in [3.05, 3.63) is 60.4 Å². The Bertz CT molecular complexity index is 683. The minimum atomic E-state index is -0.223. The number of carbonyl (C=O) groups is 2. The monoisotopic (exact) mass is 324 g/mol. The molecule has 2 heterocycles. The van der Waals surface area contributed by atoms with Crippen LogP contribution in [0, 0.1) is 0 Å². The number of amides is 2. The summed E-state index contributed by atoms with van der Waals surface area (Å²) < 4.78 is 0. The van der Waals surface area contributed by atoms with Crippen LogP contribution in [0.4, 0.5) is 5.69 Å². The average molecular weight is 324 g/mol. The molecule has 24 heavy (non-hydrogen) atoms. The number of pyridine rings is 1. The topological polar surface area (TPSA) is 65.5 Å². The van der Waals surface area contributed by atoms with E-state index in [4.69, 9.17) is 0 Å². The van der Waals surface area contributed by atoms with Crippen molar-refractivity contribution in [3.63, 3.8) is 0 Å². The summed E-state index contributed by atoms with van der Waals surface area (Å²) >= 11 is 0.